The van der Waals surface area contributed by atoms with Crippen molar-refractivity contribution in [1.82, 2.24) is 0 Å². The van der Waals surface area contributed by atoms with Crippen molar-refractivity contribution in [3.63, 3.8) is 0 Å². The molecule has 1 aromatic carbocycles. The Morgan fingerprint density at radius 3 is 2.62 bits per heavy atom. The van der Waals surface area contributed by atoms with E-state index < -0.39 is 24.3 Å². The molecule has 5 atom stereocenters. The van der Waals surface area contributed by atoms with Crippen molar-refractivity contribution in [2.45, 2.75) is 50.4 Å². The zero-order chi connectivity index (χ0) is 21.2. The standard InChI is InChI=1S/C22H29FO6/c23-15-7-10-17(11-8-15)29-14-16(24)9-12-19-18(20(25)13-21(19)26)5-3-1-2-4-6-22(27)28/h1,3,7-12,16,18-21,24-26H,2,4-6,13-14H2,(H,27,28). The Bertz CT molecular complexity index is 687. The molecule has 1 fully saturated rings. The molecular formula is C22H29FO6. The molecule has 1 aromatic rings. The molecule has 0 aliphatic heterocycles. The van der Waals surface area contributed by atoms with E-state index in [0.29, 0.717) is 25.0 Å². The third-order valence-corrected chi connectivity index (χ3v) is 5.04. The summed E-state index contributed by atoms with van der Waals surface area (Å²) >= 11 is 0. The highest BCUT2D eigenvalue weighted by Gasteiger charge is 2.39. The van der Waals surface area contributed by atoms with Crippen LogP contribution in [0.2, 0.25) is 0 Å². The lowest BCUT2D eigenvalue weighted by atomic mass is 9.89. The van der Waals surface area contributed by atoms with E-state index in [1.54, 1.807) is 12.2 Å². The number of aliphatic hydroxyl groups excluding tert-OH is 3. The SMILES string of the molecule is O=C(O)CCCC=CCC1C(O)CC(O)C1C=CC(O)COc1ccc(F)cc1. The van der Waals surface area contributed by atoms with Gasteiger partial charge >= 0.3 is 5.97 Å². The number of aliphatic hydroxyl groups is 3. The van der Waals surface area contributed by atoms with Gasteiger partial charge < -0.3 is 25.2 Å². The fourth-order valence-electron chi connectivity index (χ4n) is 3.47. The second-order valence-corrected chi connectivity index (χ2v) is 7.32. The minimum atomic E-state index is -0.905. The van der Waals surface area contributed by atoms with Gasteiger partial charge in [0.2, 0.25) is 0 Å². The third-order valence-electron chi connectivity index (χ3n) is 5.04. The molecular weight excluding hydrogens is 379 g/mol. The Kier molecular flexibility index (Phi) is 9.31. The molecule has 7 heteroatoms. The van der Waals surface area contributed by atoms with E-state index in [2.05, 4.69) is 0 Å². The number of allylic oxidation sites excluding steroid dienone is 2. The summed E-state index contributed by atoms with van der Waals surface area (Å²) in [6.45, 7) is -0.0123. The lowest BCUT2D eigenvalue weighted by molar-refractivity contribution is -0.137. The van der Waals surface area contributed by atoms with E-state index in [4.69, 9.17) is 9.84 Å². The van der Waals surface area contributed by atoms with Crippen LogP contribution in [0.1, 0.15) is 32.1 Å². The van der Waals surface area contributed by atoms with Crippen LogP contribution in [0.15, 0.2) is 48.6 Å². The highest BCUT2D eigenvalue weighted by atomic mass is 19.1. The maximum absolute atomic E-state index is 12.9. The number of rotatable bonds is 11. The summed E-state index contributed by atoms with van der Waals surface area (Å²) in [5.41, 5.74) is 0. The number of benzene rings is 1. The van der Waals surface area contributed by atoms with Gasteiger partial charge in [0, 0.05) is 18.8 Å². The van der Waals surface area contributed by atoms with Crippen molar-refractivity contribution < 1.29 is 34.3 Å². The first kappa shape index (κ1) is 23.1. The highest BCUT2D eigenvalue weighted by Crippen LogP contribution is 2.36. The molecule has 0 amide bonds. The molecule has 0 heterocycles. The lowest BCUT2D eigenvalue weighted by Crippen LogP contribution is -2.21. The maximum Gasteiger partial charge on any atom is 0.303 e. The molecule has 0 radical (unpaired) electrons. The predicted molar refractivity (Wildman–Crippen MR) is 106 cm³/mol. The fraction of sp³-hybridized carbons (Fsp3) is 0.500. The third kappa shape index (κ3) is 7.97. The second kappa shape index (κ2) is 11.7. The van der Waals surface area contributed by atoms with Crippen LogP contribution >= 0.6 is 0 Å². The van der Waals surface area contributed by atoms with Crippen LogP contribution in [0.5, 0.6) is 5.75 Å². The summed E-state index contributed by atoms with van der Waals surface area (Å²) in [5, 5.41) is 39.2. The summed E-state index contributed by atoms with van der Waals surface area (Å²) < 4.78 is 18.3. The fourth-order valence-corrected chi connectivity index (χ4v) is 3.47. The lowest BCUT2D eigenvalue weighted by Gasteiger charge is -2.19. The first-order valence-corrected chi connectivity index (χ1v) is 9.84. The van der Waals surface area contributed by atoms with Crippen LogP contribution in [-0.2, 0) is 4.79 Å². The zero-order valence-corrected chi connectivity index (χ0v) is 16.2. The average molecular weight is 408 g/mol. The molecule has 0 spiro atoms. The summed E-state index contributed by atoms with van der Waals surface area (Å²) in [6, 6.07) is 5.49. The van der Waals surface area contributed by atoms with Crippen molar-refractivity contribution in [2.24, 2.45) is 11.8 Å². The molecule has 160 valence electrons. The summed E-state index contributed by atoms with van der Waals surface area (Å²) in [4.78, 5) is 10.5. The maximum atomic E-state index is 12.9. The van der Waals surface area contributed by atoms with Crippen molar-refractivity contribution in [2.75, 3.05) is 6.61 Å². The minimum absolute atomic E-state index is 0.0123. The number of carbonyl (C=O) groups is 1. The number of halogens is 1. The Morgan fingerprint density at radius 2 is 1.93 bits per heavy atom. The Labute approximate surface area is 170 Å². The smallest absolute Gasteiger partial charge is 0.303 e. The van der Waals surface area contributed by atoms with Gasteiger partial charge in [0.05, 0.1) is 12.2 Å². The molecule has 5 unspecified atom stereocenters. The largest absolute Gasteiger partial charge is 0.491 e. The van der Waals surface area contributed by atoms with E-state index in [1.807, 2.05) is 12.2 Å². The van der Waals surface area contributed by atoms with E-state index in [1.165, 1.54) is 24.3 Å². The van der Waals surface area contributed by atoms with Crippen LogP contribution in [-0.4, -0.2) is 51.3 Å². The zero-order valence-electron chi connectivity index (χ0n) is 16.2. The molecule has 0 aromatic heterocycles. The number of hydrogen-bond donors (Lipinski definition) is 4. The molecule has 6 nitrogen and oxygen atoms in total. The molecule has 1 aliphatic rings. The first-order valence-electron chi connectivity index (χ1n) is 9.84. The van der Waals surface area contributed by atoms with E-state index in [-0.39, 0.29) is 37.1 Å². The van der Waals surface area contributed by atoms with Gasteiger partial charge in [-0.15, -0.1) is 0 Å². The molecule has 0 bridgehead atoms. The van der Waals surface area contributed by atoms with Crippen molar-refractivity contribution in [3.8, 4) is 5.75 Å². The number of aliphatic carboxylic acids is 1. The predicted octanol–water partition coefficient (Wildman–Crippen LogP) is 2.68. The second-order valence-electron chi connectivity index (χ2n) is 7.32. The molecule has 0 saturated heterocycles. The first-order chi connectivity index (χ1) is 13.9. The molecule has 29 heavy (non-hydrogen) atoms. The van der Waals surface area contributed by atoms with Gasteiger partial charge in [0.15, 0.2) is 0 Å². The quantitative estimate of drug-likeness (QED) is 0.331. The Balaban J connectivity index is 1.82. The van der Waals surface area contributed by atoms with Crippen LogP contribution in [0.4, 0.5) is 4.39 Å². The van der Waals surface area contributed by atoms with Crippen molar-refractivity contribution in [1.29, 1.82) is 0 Å². The monoisotopic (exact) mass is 408 g/mol. The van der Waals surface area contributed by atoms with Crippen LogP contribution in [0.3, 0.4) is 0 Å². The van der Waals surface area contributed by atoms with Crippen LogP contribution < -0.4 is 4.74 Å². The number of unbranched alkanes of at least 4 members (excludes halogenated alkanes) is 1. The van der Waals surface area contributed by atoms with Crippen LogP contribution in [0.25, 0.3) is 0 Å². The number of ether oxygens (including phenoxy) is 1. The summed E-state index contributed by atoms with van der Waals surface area (Å²) in [6.07, 6.45) is 6.97. The Morgan fingerprint density at radius 1 is 1.21 bits per heavy atom. The number of carboxylic acid groups (broad SMARTS) is 1. The molecule has 2 rings (SSSR count). The molecule has 1 saturated carbocycles. The normalized spacial score (nSPS) is 25.7. The van der Waals surface area contributed by atoms with E-state index >= 15 is 0 Å². The minimum Gasteiger partial charge on any atom is -0.491 e. The molecule has 4 N–H and O–H groups in total. The van der Waals surface area contributed by atoms with Gasteiger partial charge in [-0.3, -0.25) is 4.79 Å². The van der Waals surface area contributed by atoms with Gasteiger partial charge in [0.1, 0.15) is 24.3 Å². The summed E-state index contributed by atoms with van der Waals surface area (Å²) in [5.74, 6) is -1.22. The summed E-state index contributed by atoms with van der Waals surface area (Å²) in [7, 11) is 0. The highest BCUT2D eigenvalue weighted by molar-refractivity contribution is 5.66. The number of hydrogen-bond acceptors (Lipinski definition) is 5. The van der Waals surface area contributed by atoms with E-state index in [9.17, 15) is 24.5 Å². The van der Waals surface area contributed by atoms with Gasteiger partial charge in [-0.1, -0.05) is 24.3 Å². The average Bonchev–Trinajstić information content (AvgIpc) is 2.94. The Hall–Kier alpha value is -2.22. The van der Waals surface area contributed by atoms with Crippen molar-refractivity contribution >= 4 is 5.97 Å². The molecule has 1 aliphatic carbocycles. The van der Waals surface area contributed by atoms with Crippen molar-refractivity contribution in [3.05, 3.63) is 54.4 Å². The van der Waals surface area contributed by atoms with Gasteiger partial charge in [-0.05, 0) is 49.4 Å². The topological polar surface area (TPSA) is 107 Å². The van der Waals surface area contributed by atoms with Gasteiger partial charge in [-0.25, -0.2) is 4.39 Å². The van der Waals surface area contributed by atoms with E-state index in [0.717, 1.165) is 0 Å². The van der Waals surface area contributed by atoms with Gasteiger partial charge in [-0.2, -0.15) is 0 Å². The van der Waals surface area contributed by atoms with Gasteiger partial charge in [0.25, 0.3) is 0 Å². The van der Waals surface area contributed by atoms with Crippen LogP contribution in [0, 0.1) is 17.7 Å². The number of carboxylic acids is 1.